The highest BCUT2D eigenvalue weighted by atomic mass is 35.5. The van der Waals surface area contributed by atoms with Gasteiger partial charge in [-0.05, 0) is 18.2 Å². The minimum absolute atomic E-state index is 0.140. The van der Waals surface area contributed by atoms with Crippen molar-refractivity contribution in [3.63, 3.8) is 0 Å². The molecule has 0 saturated carbocycles. The summed E-state index contributed by atoms with van der Waals surface area (Å²) in [6.45, 7) is 0.308. The fourth-order valence-corrected chi connectivity index (χ4v) is 2.59. The average molecular weight is 335 g/mol. The van der Waals surface area contributed by atoms with Gasteiger partial charge in [0.05, 0.1) is 29.1 Å². The fourth-order valence-electron chi connectivity index (χ4n) is 1.64. The van der Waals surface area contributed by atoms with Gasteiger partial charge in [0, 0.05) is 17.1 Å². The first-order valence-corrected chi connectivity index (χ1v) is 6.69. The molecule has 2 aromatic rings. The molecule has 20 heavy (non-hydrogen) atoms. The van der Waals surface area contributed by atoms with Crippen LogP contribution in [0, 0.1) is 0 Å². The van der Waals surface area contributed by atoms with E-state index >= 15 is 0 Å². The Bertz CT molecular complexity index is 617. The zero-order valence-corrected chi connectivity index (χ0v) is 12.6. The minimum atomic E-state index is -0.542. The SMILES string of the molecule is COC(=O)c1occc1CNc1c(Cl)cc(Cl)cc1Cl. The zero-order chi connectivity index (χ0) is 14.7. The van der Waals surface area contributed by atoms with Gasteiger partial charge in [-0.2, -0.15) is 0 Å². The van der Waals surface area contributed by atoms with E-state index in [0.717, 1.165) is 0 Å². The molecular weight excluding hydrogens is 325 g/mol. The number of anilines is 1. The van der Waals surface area contributed by atoms with Crippen LogP contribution in [0.2, 0.25) is 15.1 Å². The Morgan fingerprint density at radius 2 is 1.95 bits per heavy atom. The molecule has 0 spiro atoms. The smallest absolute Gasteiger partial charge is 0.374 e. The topological polar surface area (TPSA) is 51.5 Å². The van der Waals surface area contributed by atoms with Crippen LogP contribution in [-0.2, 0) is 11.3 Å². The monoisotopic (exact) mass is 333 g/mol. The number of carbonyl (C=O) groups excluding carboxylic acids is 1. The van der Waals surface area contributed by atoms with Gasteiger partial charge in [0.25, 0.3) is 0 Å². The van der Waals surface area contributed by atoms with Crippen molar-refractivity contribution in [3.05, 3.63) is 50.9 Å². The summed E-state index contributed by atoms with van der Waals surface area (Å²) >= 11 is 18.0. The normalized spacial score (nSPS) is 10.4. The lowest BCUT2D eigenvalue weighted by atomic mass is 10.2. The number of nitrogens with one attached hydrogen (secondary N) is 1. The Balaban J connectivity index is 2.18. The number of ether oxygens (including phenoxy) is 1. The minimum Gasteiger partial charge on any atom is -0.463 e. The maximum absolute atomic E-state index is 11.5. The second-order valence-electron chi connectivity index (χ2n) is 3.86. The third-order valence-electron chi connectivity index (χ3n) is 2.58. The predicted molar refractivity (Wildman–Crippen MR) is 78.8 cm³/mol. The van der Waals surface area contributed by atoms with Crippen molar-refractivity contribution in [1.29, 1.82) is 0 Å². The number of methoxy groups -OCH3 is 1. The summed E-state index contributed by atoms with van der Waals surface area (Å²) in [5.41, 5.74) is 1.17. The molecule has 0 aliphatic carbocycles. The summed E-state index contributed by atoms with van der Waals surface area (Å²) in [6, 6.07) is 4.82. The number of hydrogen-bond acceptors (Lipinski definition) is 4. The number of rotatable bonds is 4. The molecule has 0 atom stereocenters. The first-order valence-electron chi connectivity index (χ1n) is 5.56. The maximum atomic E-state index is 11.5. The van der Waals surface area contributed by atoms with Crippen molar-refractivity contribution in [2.45, 2.75) is 6.54 Å². The fraction of sp³-hybridized carbons (Fsp3) is 0.154. The molecule has 7 heteroatoms. The Kier molecular flexibility index (Phi) is 4.81. The third-order valence-corrected chi connectivity index (χ3v) is 3.39. The van der Waals surface area contributed by atoms with Crippen molar-refractivity contribution < 1.29 is 13.9 Å². The van der Waals surface area contributed by atoms with Gasteiger partial charge in [-0.3, -0.25) is 0 Å². The molecule has 0 unspecified atom stereocenters. The molecule has 4 nitrogen and oxygen atoms in total. The zero-order valence-electron chi connectivity index (χ0n) is 10.4. The average Bonchev–Trinajstić information content (AvgIpc) is 2.85. The van der Waals surface area contributed by atoms with Crippen molar-refractivity contribution >= 4 is 46.5 Å². The van der Waals surface area contributed by atoms with Gasteiger partial charge in [0.1, 0.15) is 0 Å². The van der Waals surface area contributed by atoms with E-state index in [0.29, 0.717) is 32.9 Å². The van der Waals surface area contributed by atoms with Crippen LogP contribution in [0.3, 0.4) is 0 Å². The Labute approximate surface area is 130 Å². The number of benzene rings is 1. The summed E-state index contributed by atoms with van der Waals surface area (Å²) in [6.07, 6.45) is 1.41. The van der Waals surface area contributed by atoms with Crippen LogP contribution in [0.5, 0.6) is 0 Å². The first kappa shape index (κ1) is 15.0. The van der Waals surface area contributed by atoms with E-state index in [2.05, 4.69) is 10.1 Å². The van der Waals surface area contributed by atoms with E-state index in [1.807, 2.05) is 0 Å². The maximum Gasteiger partial charge on any atom is 0.374 e. The lowest BCUT2D eigenvalue weighted by Crippen LogP contribution is -2.07. The van der Waals surface area contributed by atoms with Crippen LogP contribution in [-0.4, -0.2) is 13.1 Å². The molecule has 0 fully saturated rings. The molecule has 2 rings (SSSR count). The molecule has 0 aliphatic heterocycles. The summed E-state index contributed by atoms with van der Waals surface area (Å²) in [7, 11) is 1.29. The second-order valence-corrected chi connectivity index (χ2v) is 5.12. The van der Waals surface area contributed by atoms with E-state index in [1.165, 1.54) is 13.4 Å². The first-order chi connectivity index (χ1) is 9.52. The summed E-state index contributed by atoms with van der Waals surface area (Å²) in [5, 5.41) is 4.28. The summed E-state index contributed by atoms with van der Waals surface area (Å²) in [5.74, 6) is -0.402. The van der Waals surface area contributed by atoms with Crippen molar-refractivity contribution in [1.82, 2.24) is 0 Å². The predicted octanol–water partition coefficient (Wildman–Crippen LogP) is 4.64. The van der Waals surface area contributed by atoms with Gasteiger partial charge in [-0.1, -0.05) is 34.8 Å². The highest BCUT2D eigenvalue weighted by Gasteiger charge is 2.16. The third kappa shape index (κ3) is 3.20. The largest absolute Gasteiger partial charge is 0.463 e. The molecule has 1 aromatic heterocycles. The van der Waals surface area contributed by atoms with E-state index < -0.39 is 5.97 Å². The highest BCUT2D eigenvalue weighted by molar-refractivity contribution is 6.41. The Hall–Kier alpha value is -1.36. The number of esters is 1. The molecule has 1 heterocycles. The van der Waals surface area contributed by atoms with Crippen LogP contribution in [0.4, 0.5) is 5.69 Å². The molecule has 106 valence electrons. The summed E-state index contributed by atoms with van der Waals surface area (Å²) in [4.78, 5) is 11.5. The standard InChI is InChI=1S/C13H10Cl3NO3/c1-19-13(18)12-7(2-3-20-12)6-17-11-9(15)4-8(14)5-10(11)16/h2-5,17H,6H2,1H3. The molecule has 0 amide bonds. The van der Waals surface area contributed by atoms with Crippen molar-refractivity contribution in [3.8, 4) is 0 Å². The molecule has 1 N–H and O–H groups in total. The molecule has 0 saturated heterocycles. The van der Waals surface area contributed by atoms with Crippen molar-refractivity contribution in [2.75, 3.05) is 12.4 Å². The quantitative estimate of drug-likeness (QED) is 0.828. The van der Waals surface area contributed by atoms with E-state index in [4.69, 9.17) is 39.2 Å². The molecule has 1 aromatic carbocycles. The second kappa shape index (κ2) is 6.39. The number of furan rings is 1. The van der Waals surface area contributed by atoms with E-state index in [9.17, 15) is 4.79 Å². The van der Waals surface area contributed by atoms with Gasteiger partial charge in [0.2, 0.25) is 5.76 Å². The van der Waals surface area contributed by atoms with E-state index in [1.54, 1.807) is 18.2 Å². The Morgan fingerprint density at radius 3 is 2.55 bits per heavy atom. The van der Waals surface area contributed by atoms with Crippen LogP contribution in [0.25, 0.3) is 0 Å². The highest BCUT2D eigenvalue weighted by Crippen LogP contribution is 2.34. The van der Waals surface area contributed by atoms with E-state index in [-0.39, 0.29) is 5.76 Å². The van der Waals surface area contributed by atoms with Gasteiger partial charge in [0.15, 0.2) is 0 Å². The molecular formula is C13H10Cl3NO3. The number of halogens is 3. The van der Waals surface area contributed by atoms with Crippen LogP contribution in [0.1, 0.15) is 16.1 Å². The molecule has 0 radical (unpaired) electrons. The van der Waals surface area contributed by atoms with Crippen molar-refractivity contribution in [2.24, 2.45) is 0 Å². The number of hydrogen-bond donors (Lipinski definition) is 1. The summed E-state index contributed by atoms with van der Waals surface area (Å²) < 4.78 is 9.70. The molecule has 0 aliphatic rings. The lowest BCUT2D eigenvalue weighted by Gasteiger charge is -2.10. The van der Waals surface area contributed by atoms with Gasteiger partial charge < -0.3 is 14.5 Å². The van der Waals surface area contributed by atoms with Gasteiger partial charge in [-0.15, -0.1) is 0 Å². The Morgan fingerprint density at radius 1 is 1.30 bits per heavy atom. The number of carbonyl (C=O) groups is 1. The van der Waals surface area contributed by atoms with Gasteiger partial charge >= 0.3 is 5.97 Å². The van der Waals surface area contributed by atoms with Crippen LogP contribution in [0.15, 0.2) is 28.9 Å². The van der Waals surface area contributed by atoms with Gasteiger partial charge in [-0.25, -0.2) is 4.79 Å². The van der Waals surface area contributed by atoms with Crippen LogP contribution < -0.4 is 5.32 Å². The lowest BCUT2D eigenvalue weighted by molar-refractivity contribution is 0.0563. The van der Waals surface area contributed by atoms with Crippen LogP contribution >= 0.6 is 34.8 Å². The molecule has 0 bridgehead atoms.